The molecule has 1 saturated carbocycles. The minimum absolute atomic E-state index is 0.00745. The first-order valence-electron chi connectivity index (χ1n) is 8.30. The highest BCUT2D eigenvalue weighted by Gasteiger charge is 2.29. The molecular weight excluding hydrogens is 409 g/mol. The van der Waals surface area contributed by atoms with Gasteiger partial charge >= 0.3 is 5.97 Å². The summed E-state index contributed by atoms with van der Waals surface area (Å²) in [7, 11) is 0.0842. The fraction of sp³-hybridized carbons (Fsp3) is 0.588. The maximum Gasteiger partial charge on any atom is 0.340 e. The van der Waals surface area contributed by atoms with Gasteiger partial charge in [0.1, 0.15) is 5.82 Å². The molecule has 1 fully saturated rings. The van der Waals surface area contributed by atoms with Crippen molar-refractivity contribution in [1.29, 1.82) is 0 Å². The number of hydrogen-bond acceptors (Lipinski definition) is 5. The number of carbonyl (C=O) groups excluding carboxylic acids is 1. The Balaban J connectivity index is 2.16. The number of halogens is 2. The van der Waals surface area contributed by atoms with Crippen molar-refractivity contribution in [2.75, 3.05) is 25.8 Å². The highest BCUT2D eigenvalue weighted by atomic mass is 79.9. The number of carbonyl (C=O) groups is 1. The first-order valence-corrected chi connectivity index (χ1v) is 12.8. The molecule has 0 amide bonds. The summed E-state index contributed by atoms with van der Waals surface area (Å²) in [6.45, 7) is 7.38. The molecule has 0 aliphatic heterocycles. The van der Waals surface area contributed by atoms with E-state index in [9.17, 15) is 9.18 Å². The van der Waals surface area contributed by atoms with Gasteiger partial charge in [-0.2, -0.15) is 0 Å². The number of nitrogens with one attached hydrogen (secondary N) is 1. The van der Waals surface area contributed by atoms with E-state index in [1.807, 2.05) is 0 Å². The van der Waals surface area contributed by atoms with E-state index in [2.05, 4.69) is 40.9 Å². The summed E-state index contributed by atoms with van der Waals surface area (Å²) in [6, 6.07) is 2.43. The van der Waals surface area contributed by atoms with Gasteiger partial charge in [0.05, 0.1) is 22.8 Å². The first kappa shape index (κ1) is 20.2. The first-order chi connectivity index (χ1) is 11.7. The van der Waals surface area contributed by atoms with Gasteiger partial charge in [0.15, 0.2) is 12.5 Å². The van der Waals surface area contributed by atoms with Gasteiger partial charge in [-0.25, -0.2) is 9.18 Å². The second-order valence-electron chi connectivity index (χ2n) is 7.32. The predicted molar refractivity (Wildman–Crippen MR) is 102 cm³/mol. The Morgan fingerprint density at radius 3 is 2.64 bits per heavy atom. The molecule has 1 aromatic rings. The van der Waals surface area contributed by atoms with Crippen molar-refractivity contribution in [1.82, 2.24) is 0 Å². The standard InChI is InChI=1S/C17H25BrFNO4Si/c1-22-17(21)12-9-13(19)14(18)16(15(12)20-11-5-6-11)24-10-23-7-8-25(2,3)4/h9,11,20H,5-8,10H2,1-4H3. The van der Waals surface area contributed by atoms with Crippen molar-refractivity contribution < 1.29 is 23.4 Å². The molecule has 0 bridgehead atoms. The van der Waals surface area contributed by atoms with E-state index in [1.165, 1.54) is 7.11 Å². The Labute approximate surface area is 157 Å². The van der Waals surface area contributed by atoms with Gasteiger partial charge in [-0.3, -0.25) is 0 Å². The quantitative estimate of drug-likeness (QED) is 0.266. The van der Waals surface area contributed by atoms with Gasteiger partial charge in [0.25, 0.3) is 0 Å². The van der Waals surface area contributed by atoms with Crippen LogP contribution < -0.4 is 10.1 Å². The molecule has 1 N–H and O–H groups in total. The molecule has 1 aromatic carbocycles. The number of hydrogen-bond donors (Lipinski definition) is 1. The van der Waals surface area contributed by atoms with E-state index in [4.69, 9.17) is 14.2 Å². The second-order valence-corrected chi connectivity index (χ2v) is 13.7. The molecule has 1 aliphatic rings. The Kier molecular flexibility index (Phi) is 6.87. The van der Waals surface area contributed by atoms with Crippen LogP contribution in [0.1, 0.15) is 23.2 Å². The molecule has 5 nitrogen and oxygen atoms in total. The van der Waals surface area contributed by atoms with Gasteiger partial charge in [0.2, 0.25) is 0 Å². The summed E-state index contributed by atoms with van der Waals surface area (Å²) in [5.74, 6) is -0.960. The summed E-state index contributed by atoms with van der Waals surface area (Å²) in [4.78, 5) is 12.0. The number of ether oxygens (including phenoxy) is 3. The third kappa shape index (κ3) is 5.97. The second kappa shape index (κ2) is 8.51. The summed E-state index contributed by atoms with van der Waals surface area (Å²) in [5.41, 5.74) is 0.559. The van der Waals surface area contributed by atoms with Crippen LogP contribution in [0, 0.1) is 5.82 Å². The van der Waals surface area contributed by atoms with Crippen molar-refractivity contribution in [2.45, 2.75) is 44.6 Å². The third-order valence-electron chi connectivity index (χ3n) is 3.79. The van der Waals surface area contributed by atoms with Crippen molar-refractivity contribution in [2.24, 2.45) is 0 Å². The molecule has 0 atom stereocenters. The summed E-state index contributed by atoms with van der Waals surface area (Å²) < 4.78 is 30.3. The minimum Gasteiger partial charge on any atom is -0.465 e. The zero-order valence-corrected chi connectivity index (χ0v) is 17.7. The largest absolute Gasteiger partial charge is 0.465 e. The van der Waals surface area contributed by atoms with Crippen LogP contribution in [0.15, 0.2) is 10.5 Å². The molecule has 1 aliphatic carbocycles. The molecule has 8 heteroatoms. The SMILES string of the molecule is COC(=O)c1cc(F)c(Br)c(OCOCC[Si](C)(C)C)c1NC1CC1. The molecule has 25 heavy (non-hydrogen) atoms. The van der Waals surface area contributed by atoms with Gasteiger partial charge in [-0.05, 0) is 40.9 Å². The van der Waals surface area contributed by atoms with Crippen molar-refractivity contribution in [3.63, 3.8) is 0 Å². The minimum atomic E-state index is -1.18. The van der Waals surface area contributed by atoms with Gasteiger partial charge in [0, 0.05) is 20.7 Å². The van der Waals surface area contributed by atoms with E-state index in [-0.39, 0.29) is 28.6 Å². The number of esters is 1. The molecule has 0 spiro atoms. The normalized spacial score (nSPS) is 14.3. The van der Waals surface area contributed by atoms with Crippen LogP contribution in [0.5, 0.6) is 5.75 Å². The van der Waals surface area contributed by atoms with Crippen LogP contribution in [0.2, 0.25) is 25.7 Å². The Morgan fingerprint density at radius 1 is 1.40 bits per heavy atom. The zero-order valence-electron chi connectivity index (χ0n) is 15.1. The van der Waals surface area contributed by atoms with Gasteiger partial charge in [-0.1, -0.05) is 19.6 Å². The molecule has 140 valence electrons. The molecule has 0 unspecified atom stereocenters. The fourth-order valence-corrected chi connectivity index (χ4v) is 3.31. The zero-order chi connectivity index (χ0) is 18.6. The van der Waals surface area contributed by atoms with E-state index in [0.29, 0.717) is 12.3 Å². The average molecular weight is 434 g/mol. The van der Waals surface area contributed by atoms with Crippen molar-refractivity contribution in [3.05, 3.63) is 21.9 Å². The highest BCUT2D eigenvalue weighted by Crippen LogP contribution is 2.41. The summed E-state index contributed by atoms with van der Waals surface area (Å²) in [6.07, 6.45) is 2.00. The van der Waals surface area contributed by atoms with Gasteiger partial charge in [-0.15, -0.1) is 0 Å². The number of rotatable bonds is 9. The molecule has 0 saturated heterocycles. The summed E-state index contributed by atoms with van der Waals surface area (Å²) in [5, 5.41) is 3.23. The lowest BCUT2D eigenvalue weighted by Gasteiger charge is -2.19. The van der Waals surface area contributed by atoms with Crippen LogP contribution in [-0.2, 0) is 9.47 Å². The van der Waals surface area contributed by atoms with Crippen LogP contribution in [0.4, 0.5) is 10.1 Å². The van der Waals surface area contributed by atoms with Crippen LogP contribution in [-0.4, -0.2) is 40.6 Å². The van der Waals surface area contributed by atoms with Crippen molar-refractivity contribution >= 4 is 35.7 Å². The van der Waals surface area contributed by atoms with Crippen LogP contribution in [0.3, 0.4) is 0 Å². The topological polar surface area (TPSA) is 56.8 Å². The van der Waals surface area contributed by atoms with E-state index < -0.39 is 19.9 Å². The maximum atomic E-state index is 14.2. The van der Waals surface area contributed by atoms with Crippen LogP contribution in [0.25, 0.3) is 0 Å². The third-order valence-corrected chi connectivity index (χ3v) is 6.23. The van der Waals surface area contributed by atoms with Gasteiger partial charge < -0.3 is 19.5 Å². The smallest absolute Gasteiger partial charge is 0.340 e. The monoisotopic (exact) mass is 433 g/mol. The lowest BCUT2D eigenvalue weighted by molar-refractivity contribution is 0.0216. The Bertz CT molecular complexity index is 632. The molecular formula is C17H25BrFNO4Si. The summed E-state index contributed by atoms with van der Waals surface area (Å²) >= 11 is 3.21. The van der Waals surface area contributed by atoms with E-state index in [1.54, 1.807) is 0 Å². The van der Waals surface area contributed by atoms with Crippen LogP contribution >= 0.6 is 15.9 Å². The lowest BCUT2D eigenvalue weighted by atomic mass is 10.1. The molecule has 0 aromatic heterocycles. The Morgan fingerprint density at radius 2 is 2.08 bits per heavy atom. The molecule has 0 heterocycles. The molecule has 0 radical (unpaired) electrons. The van der Waals surface area contributed by atoms with E-state index >= 15 is 0 Å². The van der Waals surface area contributed by atoms with E-state index in [0.717, 1.165) is 25.0 Å². The lowest BCUT2D eigenvalue weighted by Crippen LogP contribution is -2.22. The number of methoxy groups -OCH3 is 1. The highest BCUT2D eigenvalue weighted by molar-refractivity contribution is 9.10. The average Bonchev–Trinajstić information content (AvgIpc) is 3.35. The van der Waals surface area contributed by atoms with Crippen molar-refractivity contribution in [3.8, 4) is 5.75 Å². The molecule has 2 rings (SSSR count). The predicted octanol–water partition coefficient (Wildman–Crippen LogP) is 4.64. The number of anilines is 1. The Hall–Kier alpha value is -1.12. The number of benzene rings is 1. The maximum absolute atomic E-state index is 14.2. The fourth-order valence-electron chi connectivity index (χ4n) is 2.12.